The van der Waals surface area contributed by atoms with Crippen molar-refractivity contribution in [3.8, 4) is 0 Å². The summed E-state index contributed by atoms with van der Waals surface area (Å²) in [6, 6.07) is 8.84. The summed E-state index contributed by atoms with van der Waals surface area (Å²) < 4.78 is 0. The minimum atomic E-state index is 1.13. The topological polar surface area (TPSA) is 0 Å². The fourth-order valence-corrected chi connectivity index (χ4v) is 1.60. The summed E-state index contributed by atoms with van der Waals surface area (Å²) in [6.45, 7) is 4.43. The molecule has 0 radical (unpaired) electrons. The van der Waals surface area contributed by atoms with Crippen LogP contribution in [0.1, 0.15) is 50.7 Å². The van der Waals surface area contributed by atoms with Crippen LogP contribution in [0.25, 0.3) is 6.08 Å². The van der Waals surface area contributed by atoms with E-state index in [2.05, 4.69) is 50.3 Å². The predicted molar refractivity (Wildman–Crippen MR) is 69.0 cm³/mol. The summed E-state index contributed by atoms with van der Waals surface area (Å²) in [5, 5.41) is 0. The lowest BCUT2D eigenvalue weighted by Gasteiger charge is -1.97. The van der Waals surface area contributed by atoms with Crippen molar-refractivity contribution >= 4 is 6.08 Å². The van der Waals surface area contributed by atoms with E-state index in [-0.39, 0.29) is 0 Å². The Balaban J connectivity index is 2.36. The van der Waals surface area contributed by atoms with E-state index in [0.29, 0.717) is 0 Å². The first kappa shape index (κ1) is 12.0. The number of aryl methyl sites for hydroxylation is 1. The second kappa shape index (κ2) is 7.28. The van der Waals surface area contributed by atoms with Crippen molar-refractivity contribution < 1.29 is 0 Å². The molecule has 0 saturated carbocycles. The SMILES string of the molecule is CCCCCC=Cc1ccc(CC)cc1. The first-order valence-electron chi connectivity index (χ1n) is 6.12. The molecule has 0 spiro atoms. The molecule has 0 nitrogen and oxygen atoms in total. The Morgan fingerprint density at radius 3 is 2.33 bits per heavy atom. The summed E-state index contributed by atoms with van der Waals surface area (Å²) >= 11 is 0. The Morgan fingerprint density at radius 1 is 1.00 bits per heavy atom. The number of benzene rings is 1. The van der Waals surface area contributed by atoms with E-state index in [1.54, 1.807) is 0 Å². The third-order valence-electron chi connectivity index (χ3n) is 2.67. The Kier molecular flexibility index (Phi) is 5.84. The van der Waals surface area contributed by atoms with E-state index in [1.807, 2.05) is 0 Å². The number of rotatable bonds is 6. The van der Waals surface area contributed by atoms with Gasteiger partial charge in [0, 0.05) is 0 Å². The molecule has 0 aromatic heterocycles. The predicted octanol–water partition coefficient (Wildman–Crippen LogP) is 4.84. The molecule has 0 bridgehead atoms. The molecule has 82 valence electrons. The quantitative estimate of drug-likeness (QED) is 0.579. The molecule has 1 aromatic rings. The van der Waals surface area contributed by atoms with Gasteiger partial charge in [-0.05, 0) is 30.4 Å². The van der Waals surface area contributed by atoms with Crippen LogP contribution in [0.5, 0.6) is 0 Å². The number of hydrogen-bond acceptors (Lipinski definition) is 0. The van der Waals surface area contributed by atoms with Gasteiger partial charge in [-0.25, -0.2) is 0 Å². The third kappa shape index (κ3) is 4.83. The fraction of sp³-hybridized carbons (Fsp3) is 0.467. The van der Waals surface area contributed by atoms with E-state index in [9.17, 15) is 0 Å². The minimum Gasteiger partial charge on any atom is -0.0839 e. The van der Waals surface area contributed by atoms with Gasteiger partial charge in [-0.15, -0.1) is 0 Å². The van der Waals surface area contributed by atoms with Crippen molar-refractivity contribution in [1.29, 1.82) is 0 Å². The lowest BCUT2D eigenvalue weighted by molar-refractivity contribution is 0.730. The van der Waals surface area contributed by atoms with Crippen molar-refractivity contribution in [2.45, 2.75) is 46.0 Å². The molecule has 0 aliphatic heterocycles. The van der Waals surface area contributed by atoms with E-state index >= 15 is 0 Å². The molecular formula is C15H22. The van der Waals surface area contributed by atoms with Gasteiger partial charge in [0.15, 0.2) is 0 Å². The van der Waals surface area contributed by atoms with Gasteiger partial charge in [0.1, 0.15) is 0 Å². The molecule has 0 fully saturated rings. The maximum absolute atomic E-state index is 2.29. The van der Waals surface area contributed by atoms with Gasteiger partial charge in [-0.2, -0.15) is 0 Å². The highest BCUT2D eigenvalue weighted by atomic mass is 13.9. The fourth-order valence-electron chi connectivity index (χ4n) is 1.60. The lowest BCUT2D eigenvalue weighted by atomic mass is 10.1. The normalized spacial score (nSPS) is 11.1. The molecule has 15 heavy (non-hydrogen) atoms. The summed E-state index contributed by atoms with van der Waals surface area (Å²) in [4.78, 5) is 0. The summed E-state index contributed by atoms with van der Waals surface area (Å²) in [6.07, 6.45) is 10.8. The smallest absolute Gasteiger partial charge is 0.0260 e. The number of unbranched alkanes of at least 4 members (excludes halogenated alkanes) is 3. The number of hydrogen-bond donors (Lipinski definition) is 0. The number of allylic oxidation sites excluding steroid dienone is 1. The van der Waals surface area contributed by atoms with Gasteiger partial charge in [-0.1, -0.05) is 63.1 Å². The van der Waals surface area contributed by atoms with Crippen LogP contribution in [0.4, 0.5) is 0 Å². The highest BCUT2D eigenvalue weighted by molar-refractivity contribution is 5.49. The van der Waals surface area contributed by atoms with Crippen LogP contribution >= 0.6 is 0 Å². The second-order valence-corrected chi connectivity index (χ2v) is 3.99. The van der Waals surface area contributed by atoms with Crippen molar-refractivity contribution in [2.24, 2.45) is 0 Å². The third-order valence-corrected chi connectivity index (χ3v) is 2.67. The van der Waals surface area contributed by atoms with Crippen LogP contribution in [-0.4, -0.2) is 0 Å². The molecule has 1 aromatic carbocycles. The van der Waals surface area contributed by atoms with Gasteiger partial charge in [0.2, 0.25) is 0 Å². The molecule has 1 rings (SSSR count). The zero-order valence-electron chi connectivity index (χ0n) is 10.00. The average Bonchev–Trinajstić information content (AvgIpc) is 2.30. The van der Waals surface area contributed by atoms with E-state index in [4.69, 9.17) is 0 Å². The van der Waals surface area contributed by atoms with E-state index in [0.717, 1.165) is 6.42 Å². The molecular weight excluding hydrogens is 180 g/mol. The zero-order chi connectivity index (χ0) is 10.9. The first-order chi connectivity index (χ1) is 7.36. The Hall–Kier alpha value is -1.04. The van der Waals surface area contributed by atoms with Crippen molar-refractivity contribution in [1.82, 2.24) is 0 Å². The van der Waals surface area contributed by atoms with Gasteiger partial charge < -0.3 is 0 Å². The molecule has 0 aliphatic carbocycles. The maximum Gasteiger partial charge on any atom is -0.0260 e. The molecule has 0 heterocycles. The zero-order valence-corrected chi connectivity index (χ0v) is 10.00. The Labute approximate surface area is 94.0 Å². The van der Waals surface area contributed by atoms with Crippen LogP contribution in [0.2, 0.25) is 0 Å². The molecule has 0 unspecified atom stereocenters. The molecule has 0 amide bonds. The summed E-state index contributed by atoms with van der Waals surface area (Å²) in [5.41, 5.74) is 2.74. The van der Waals surface area contributed by atoms with Crippen LogP contribution in [0.3, 0.4) is 0 Å². The van der Waals surface area contributed by atoms with Gasteiger partial charge in [-0.3, -0.25) is 0 Å². The van der Waals surface area contributed by atoms with Gasteiger partial charge in [0.25, 0.3) is 0 Å². The Morgan fingerprint density at radius 2 is 1.73 bits per heavy atom. The van der Waals surface area contributed by atoms with E-state index in [1.165, 1.54) is 36.8 Å². The largest absolute Gasteiger partial charge is 0.0839 e. The Bertz CT molecular complexity index is 279. The second-order valence-electron chi connectivity index (χ2n) is 3.99. The van der Waals surface area contributed by atoms with Crippen LogP contribution < -0.4 is 0 Å². The summed E-state index contributed by atoms with van der Waals surface area (Å²) in [5.74, 6) is 0. The lowest BCUT2D eigenvalue weighted by Crippen LogP contribution is -1.79. The minimum absolute atomic E-state index is 1.13. The standard InChI is InChI=1S/C15H22/c1-3-5-6-7-8-9-15-12-10-14(4-2)11-13-15/h8-13H,3-7H2,1-2H3. The molecule has 0 aliphatic rings. The monoisotopic (exact) mass is 202 g/mol. The molecule has 0 heteroatoms. The molecule has 0 atom stereocenters. The highest BCUT2D eigenvalue weighted by Crippen LogP contribution is 2.08. The van der Waals surface area contributed by atoms with Crippen LogP contribution in [0.15, 0.2) is 30.3 Å². The van der Waals surface area contributed by atoms with Crippen LogP contribution in [0, 0.1) is 0 Å². The molecule has 0 saturated heterocycles. The maximum atomic E-state index is 2.29. The summed E-state index contributed by atoms with van der Waals surface area (Å²) in [7, 11) is 0. The van der Waals surface area contributed by atoms with Crippen molar-refractivity contribution in [2.75, 3.05) is 0 Å². The van der Waals surface area contributed by atoms with Crippen LogP contribution in [-0.2, 0) is 6.42 Å². The highest BCUT2D eigenvalue weighted by Gasteiger charge is 1.88. The van der Waals surface area contributed by atoms with E-state index < -0.39 is 0 Å². The first-order valence-corrected chi connectivity index (χ1v) is 6.12. The molecule has 0 N–H and O–H groups in total. The van der Waals surface area contributed by atoms with Crippen molar-refractivity contribution in [3.63, 3.8) is 0 Å². The average molecular weight is 202 g/mol. The van der Waals surface area contributed by atoms with Crippen molar-refractivity contribution in [3.05, 3.63) is 41.5 Å². The van der Waals surface area contributed by atoms with Gasteiger partial charge >= 0.3 is 0 Å². The van der Waals surface area contributed by atoms with Gasteiger partial charge in [0.05, 0.1) is 0 Å².